The van der Waals surface area contributed by atoms with E-state index in [4.69, 9.17) is 16.7 Å². The summed E-state index contributed by atoms with van der Waals surface area (Å²) in [6, 6.07) is 0. The molecule has 6 nitrogen and oxygen atoms in total. The van der Waals surface area contributed by atoms with Crippen LogP contribution in [0.15, 0.2) is 0 Å². The van der Waals surface area contributed by atoms with Gasteiger partial charge in [-0.2, -0.15) is 0 Å². The molecule has 126 valence electrons. The number of epoxide rings is 1. The first-order valence-corrected chi connectivity index (χ1v) is 7.24. The lowest BCUT2D eigenvalue weighted by atomic mass is 9.90. The number of carbonyl (C=O) groups is 3. The molecule has 6 heteroatoms. The second-order valence-electron chi connectivity index (χ2n) is 6.05. The molecule has 1 rings (SSSR count). The highest BCUT2D eigenvalue weighted by atomic mass is 16.6. The second-order valence-corrected chi connectivity index (χ2v) is 6.05. The Morgan fingerprint density at radius 1 is 1.27 bits per heavy atom. The first-order valence-electron chi connectivity index (χ1n) is 9.74. The molecule has 1 saturated heterocycles. The Balaban J connectivity index is 2.89. The van der Waals surface area contributed by atoms with Crippen LogP contribution in [0.5, 0.6) is 0 Å². The van der Waals surface area contributed by atoms with Gasteiger partial charge < -0.3 is 15.2 Å². The summed E-state index contributed by atoms with van der Waals surface area (Å²) >= 11 is 0. The van der Waals surface area contributed by atoms with Crippen LogP contribution in [-0.4, -0.2) is 41.5 Å². The summed E-state index contributed by atoms with van der Waals surface area (Å²) in [5, 5.41) is 10.8. The highest BCUT2D eigenvalue weighted by Crippen LogP contribution is 2.27. The topological polar surface area (TPSA) is 96.0 Å². The normalized spacial score (nSPS) is 26.9. The highest BCUT2D eigenvalue weighted by molar-refractivity contribution is 5.95. The van der Waals surface area contributed by atoms with E-state index in [1.807, 2.05) is 5.32 Å². The van der Waals surface area contributed by atoms with Gasteiger partial charge in [0.25, 0.3) is 0 Å². The second kappa shape index (κ2) is 8.27. The van der Waals surface area contributed by atoms with Crippen molar-refractivity contribution in [3.63, 3.8) is 0 Å². The third-order valence-electron chi connectivity index (χ3n) is 3.12. The molecule has 2 N–H and O–H groups in total. The van der Waals surface area contributed by atoms with Crippen LogP contribution in [0.1, 0.15) is 53.8 Å². The maximum atomic E-state index is 12.6. The van der Waals surface area contributed by atoms with Gasteiger partial charge >= 0.3 is 5.97 Å². The zero-order valence-corrected chi connectivity index (χ0v) is 13.3. The molecule has 0 radical (unpaired) electrons. The Hall–Kier alpha value is -1.43. The Kier molecular flexibility index (Phi) is 4.53. The number of aliphatic carboxylic acids is 1. The number of carboxylic acids is 1. The lowest BCUT2D eigenvalue weighted by Crippen LogP contribution is -2.34. The van der Waals surface area contributed by atoms with E-state index < -0.39 is 54.5 Å². The fraction of sp³-hybridized carbons (Fsp3) is 0.812. The van der Waals surface area contributed by atoms with E-state index in [1.54, 1.807) is 13.8 Å². The maximum Gasteiger partial charge on any atom is 0.336 e. The number of hydrogen-bond acceptors (Lipinski definition) is 4. The number of Topliss-reactive ketones (excluding diaryl/α,β-unsaturated/α-hetero) is 1. The van der Waals surface area contributed by atoms with Crippen LogP contribution in [0.3, 0.4) is 0 Å². The predicted octanol–water partition coefficient (Wildman–Crippen LogP) is 1.62. The van der Waals surface area contributed by atoms with Gasteiger partial charge in [-0.1, -0.05) is 27.7 Å². The van der Waals surface area contributed by atoms with Crippen molar-refractivity contribution in [1.29, 1.82) is 0 Å². The van der Waals surface area contributed by atoms with Crippen molar-refractivity contribution in [2.45, 2.75) is 59.1 Å². The average molecular weight is 318 g/mol. The number of hydrogen-bond donors (Lipinski definition) is 2. The quantitative estimate of drug-likeness (QED) is 0.597. The lowest BCUT2D eigenvalue weighted by molar-refractivity contribution is -0.138. The Bertz CT molecular complexity index is 602. The summed E-state index contributed by atoms with van der Waals surface area (Å²) in [5.74, 6) is -5.49. The van der Waals surface area contributed by atoms with Crippen molar-refractivity contribution in [2.24, 2.45) is 17.7 Å². The van der Waals surface area contributed by atoms with Crippen molar-refractivity contribution in [3.05, 3.63) is 0 Å². The van der Waals surface area contributed by atoms with Crippen LogP contribution in [0, 0.1) is 17.7 Å². The summed E-state index contributed by atoms with van der Waals surface area (Å²) in [6.07, 6.45) is -5.13. The largest absolute Gasteiger partial charge is 0.479 e. The van der Waals surface area contributed by atoms with Gasteiger partial charge in [0.2, 0.25) is 5.91 Å². The van der Waals surface area contributed by atoms with E-state index >= 15 is 0 Å². The number of ether oxygens (including phenoxy) is 1. The van der Waals surface area contributed by atoms with Crippen LogP contribution in [0.25, 0.3) is 0 Å². The first kappa shape index (κ1) is 12.0. The van der Waals surface area contributed by atoms with Gasteiger partial charge in [-0.3, -0.25) is 9.59 Å². The molecule has 22 heavy (non-hydrogen) atoms. The third kappa shape index (κ3) is 6.13. The van der Waals surface area contributed by atoms with Crippen LogP contribution in [-0.2, 0) is 19.1 Å². The summed E-state index contributed by atoms with van der Waals surface area (Å²) in [5.41, 5.74) is 0. The molecular formula is C16H27NO5. The first-order chi connectivity index (χ1) is 12.0. The number of amides is 1. The summed E-state index contributed by atoms with van der Waals surface area (Å²) in [6.45, 7) is 3.16. The number of ketones is 1. The van der Waals surface area contributed by atoms with Crippen molar-refractivity contribution in [2.75, 3.05) is 6.50 Å². The number of carboxylic acid groups (broad SMARTS) is 1. The van der Waals surface area contributed by atoms with E-state index in [0.717, 1.165) is 0 Å². The maximum absolute atomic E-state index is 12.6. The molecule has 0 saturated carbocycles. The molecule has 1 fully saturated rings. The van der Waals surface area contributed by atoms with E-state index in [2.05, 4.69) is 0 Å². The number of rotatable bonds is 10. The third-order valence-corrected chi connectivity index (χ3v) is 3.12. The Morgan fingerprint density at radius 2 is 1.91 bits per heavy atom. The molecule has 0 aromatic rings. The Labute approximate surface area is 138 Å². The standard InChI is InChI=1S/C16H27NO5/c1-9(2)5-6-17-15(19)11(7-10(3)4)8-12(18)13-14(22-13)16(20)21/h9-11,13-14H,5-8H2,1-4H3,(H,17,19)(H,20,21)/t11-,13-,14+/m1/s1/i5D2,6D2,9D. The van der Waals surface area contributed by atoms with E-state index in [9.17, 15) is 14.4 Å². The molecule has 0 aromatic carbocycles. The molecular weight excluding hydrogens is 286 g/mol. The van der Waals surface area contributed by atoms with Gasteiger partial charge in [-0.05, 0) is 24.6 Å². The molecule has 1 aliphatic heterocycles. The summed E-state index contributed by atoms with van der Waals surface area (Å²) < 4.78 is 44.2. The van der Waals surface area contributed by atoms with Crippen LogP contribution >= 0.6 is 0 Å². The minimum Gasteiger partial charge on any atom is -0.479 e. The van der Waals surface area contributed by atoms with Crippen molar-refractivity contribution in [1.82, 2.24) is 5.32 Å². The molecule has 0 spiro atoms. The number of carbonyl (C=O) groups excluding carboxylic acids is 2. The molecule has 3 atom stereocenters. The van der Waals surface area contributed by atoms with Crippen LogP contribution in [0.4, 0.5) is 0 Å². The fourth-order valence-corrected chi connectivity index (χ4v) is 2.08. The molecule has 1 aliphatic rings. The SMILES string of the molecule is [2H]C(C)(C)C([2H])([2H])C([2H])([2H])NC(=O)[C@@H](CC(=O)[C@H]1O[C@@H]1C(=O)O)CC(C)C. The van der Waals surface area contributed by atoms with Gasteiger partial charge in [0.05, 0.1) is 0 Å². The number of nitrogens with one attached hydrogen (secondary N) is 1. The van der Waals surface area contributed by atoms with Crippen molar-refractivity contribution < 1.29 is 31.1 Å². The molecule has 1 amide bonds. The van der Waals surface area contributed by atoms with E-state index in [0.29, 0.717) is 0 Å². The van der Waals surface area contributed by atoms with Gasteiger partial charge in [0.15, 0.2) is 18.0 Å². The van der Waals surface area contributed by atoms with Gasteiger partial charge in [-0.25, -0.2) is 4.79 Å². The summed E-state index contributed by atoms with van der Waals surface area (Å²) in [7, 11) is 0. The zero-order chi connectivity index (χ0) is 21.4. The van der Waals surface area contributed by atoms with Crippen LogP contribution in [0.2, 0.25) is 0 Å². The Morgan fingerprint density at radius 3 is 2.36 bits per heavy atom. The van der Waals surface area contributed by atoms with E-state index in [1.165, 1.54) is 13.8 Å². The zero-order valence-electron chi connectivity index (χ0n) is 18.3. The highest BCUT2D eigenvalue weighted by Gasteiger charge is 2.50. The van der Waals surface area contributed by atoms with Gasteiger partial charge in [0, 0.05) is 25.7 Å². The average Bonchev–Trinajstić information content (AvgIpc) is 3.24. The fourth-order valence-electron chi connectivity index (χ4n) is 2.08. The molecule has 0 aromatic heterocycles. The van der Waals surface area contributed by atoms with Crippen molar-refractivity contribution >= 4 is 17.7 Å². The van der Waals surface area contributed by atoms with E-state index in [-0.39, 0.29) is 18.8 Å². The monoisotopic (exact) mass is 318 g/mol. The lowest BCUT2D eigenvalue weighted by Gasteiger charge is -2.18. The predicted molar refractivity (Wildman–Crippen MR) is 81.3 cm³/mol. The smallest absolute Gasteiger partial charge is 0.336 e. The minimum absolute atomic E-state index is 0.0146. The van der Waals surface area contributed by atoms with Crippen molar-refractivity contribution in [3.8, 4) is 0 Å². The molecule has 1 heterocycles. The van der Waals surface area contributed by atoms with Gasteiger partial charge in [0.1, 0.15) is 0 Å². The van der Waals surface area contributed by atoms with Crippen LogP contribution < -0.4 is 5.32 Å². The summed E-state index contributed by atoms with van der Waals surface area (Å²) in [4.78, 5) is 35.5. The minimum atomic E-state index is -2.84. The molecule has 0 bridgehead atoms. The van der Waals surface area contributed by atoms with Gasteiger partial charge in [-0.15, -0.1) is 0 Å². The molecule has 0 aliphatic carbocycles. The molecule has 0 unspecified atom stereocenters.